The zero-order valence-electron chi connectivity index (χ0n) is 13.0. The molecule has 0 spiro atoms. The first-order valence-electron chi connectivity index (χ1n) is 6.40. The summed E-state index contributed by atoms with van der Waals surface area (Å²) in [5, 5.41) is 34.3. The van der Waals surface area contributed by atoms with Crippen LogP contribution < -0.4 is 0 Å². The minimum absolute atomic E-state index is 0.156. The van der Waals surface area contributed by atoms with Crippen molar-refractivity contribution in [3.05, 3.63) is 0 Å². The van der Waals surface area contributed by atoms with Crippen LogP contribution in [0.1, 0.15) is 19.8 Å². The van der Waals surface area contributed by atoms with E-state index in [1.165, 1.54) is 0 Å². The van der Waals surface area contributed by atoms with Gasteiger partial charge < -0.3 is 20.4 Å². The normalized spacial score (nSPS) is 13.9. The van der Waals surface area contributed by atoms with Crippen LogP contribution in [0.2, 0.25) is 0 Å². The van der Waals surface area contributed by atoms with Crippen LogP contribution in [-0.4, -0.2) is 89.2 Å². The van der Waals surface area contributed by atoms with E-state index in [0.29, 0.717) is 6.42 Å². The van der Waals surface area contributed by atoms with Gasteiger partial charge in [-0.2, -0.15) is 25.3 Å². The Labute approximate surface area is 145 Å². The van der Waals surface area contributed by atoms with Crippen molar-refractivity contribution < 1.29 is 59.3 Å². The van der Waals surface area contributed by atoms with Crippen LogP contribution in [0.25, 0.3) is 0 Å². The van der Waals surface area contributed by atoms with Crippen molar-refractivity contribution in [3.63, 3.8) is 0 Å². The van der Waals surface area contributed by atoms with Gasteiger partial charge in [0.2, 0.25) is 0 Å². The summed E-state index contributed by atoms with van der Waals surface area (Å²) >= 11 is 0. The highest BCUT2D eigenvalue weighted by Crippen LogP contribution is 2.32. The molecule has 0 heterocycles. The largest absolute Gasteiger partial charge is 0.396 e. The Hall–Kier alpha value is -0.430. The van der Waals surface area contributed by atoms with E-state index < -0.39 is 52.2 Å². The molecule has 13 nitrogen and oxygen atoms in total. The zero-order chi connectivity index (χ0) is 20.7. The molecule has 0 atom stereocenters. The molecule has 7 N–H and O–H groups in total. The molecule has 0 aliphatic rings. The van der Waals surface area contributed by atoms with Crippen LogP contribution in [0.3, 0.4) is 0 Å². The third-order valence-electron chi connectivity index (χ3n) is 3.35. The second kappa shape index (κ2) is 9.49. The maximum Gasteiger partial charge on any atom is 0.347 e. The molecule has 0 aliphatic carbocycles. The van der Waals surface area contributed by atoms with E-state index in [0.717, 1.165) is 0 Å². The molecule has 0 rings (SSSR count). The van der Waals surface area contributed by atoms with E-state index in [2.05, 4.69) is 0 Å². The van der Waals surface area contributed by atoms with E-state index in [9.17, 15) is 25.3 Å². The van der Waals surface area contributed by atoms with Gasteiger partial charge in [0, 0.05) is 18.4 Å². The number of rotatable bonds is 9. The molecule has 0 saturated heterocycles. The lowest BCUT2D eigenvalue weighted by Crippen LogP contribution is -2.52. The molecule has 0 aromatic rings. The molecular formula is C9H22O13S3. The Morgan fingerprint density at radius 1 is 0.680 bits per heavy atom. The molecule has 0 fully saturated rings. The fourth-order valence-electron chi connectivity index (χ4n) is 1.41. The summed E-state index contributed by atoms with van der Waals surface area (Å²) in [5.41, 5.74) is -0.667. The molecule has 0 aromatic carbocycles. The standard InChI is InChI=1S/C6H14O3.C3H8O10S3/c1-2-6(3-7,4-8)5-9;4-2-1-3(14(5,6)7,15(8,9)10)16(11,12)13/h7-9H,2-5H2,1H3;4H,1-2H2,(H,5,6,7)(H,8,9,10)(H,11,12,13). The van der Waals surface area contributed by atoms with Crippen molar-refractivity contribution in [2.24, 2.45) is 5.41 Å². The van der Waals surface area contributed by atoms with Crippen LogP contribution in [-0.2, 0) is 30.4 Å². The quantitative estimate of drug-likeness (QED) is 0.180. The number of aliphatic hydroxyl groups excluding tert-OH is 4. The van der Waals surface area contributed by atoms with Crippen molar-refractivity contribution in [3.8, 4) is 0 Å². The van der Waals surface area contributed by atoms with Crippen LogP contribution >= 0.6 is 0 Å². The second-order valence-corrected chi connectivity index (χ2v) is 10.6. The molecule has 0 amide bonds. The van der Waals surface area contributed by atoms with Gasteiger partial charge in [0.05, 0.1) is 19.8 Å². The van der Waals surface area contributed by atoms with Gasteiger partial charge in [0.1, 0.15) is 0 Å². The first-order chi connectivity index (χ1) is 11.1. The molecular weight excluding hydrogens is 412 g/mol. The van der Waals surface area contributed by atoms with Crippen molar-refractivity contribution in [1.82, 2.24) is 0 Å². The van der Waals surface area contributed by atoms with Gasteiger partial charge in [0.25, 0.3) is 0 Å². The number of aliphatic hydroxyl groups is 4. The number of hydrogen-bond donors (Lipinski definition) is 7. The van der Waals surface area contributed by atoms with Gasteiger partial charge in [-0.1, -0.05) is 6.92 Å². The Balaban J connectivity index is 0. The van der Waals surface area contributed by atoms with Crippen LogP contribution in [0.5, 0.6) is 0 Å². The minimum atomic E-state index is -5.94. The SMILES string of the molecule is CCC(CO)(CO)CO.O=S(=O)(O)C(CCO)(S(=O)(=O)O)S(=O)(=O)O. The van der Waals surface area contributed by atoms with Crippen LogP contribution in [0, 0.1) is 5.41 Å². The maximum absolute atomic E-state index is 10.7. The van der Waals surface area contributed by atoms with Gasteiger partial charge in [-0.3, -0.25) is 13.7 Å². The fourth-order valence-corrected chi connectivity index (χ4v) is 5.65. The predicted octanol–water partition coefficient (Wildman–Crippen LogP) is -2.95. The van der Waals surface area contributed by atoms with Gasteiger partial charge in [-0.25, -0.2) is 0 Å². The number of hydrogen-bond acceptors (Lipinski definition) is 10. The third-order valence-corrected chi connectivity index (χ3v) is 10.1. The molecule has 0 bridgehead atoms. The Morgan fingerprint density at radius 2 is 0.960 bits per heavy atom. The van der Waals surface area contributed by atoms with Crippen LogP contribution in [0.15, 0.2) is 0 Å². The van der Waals surface area contributed by atoms with E-state index in [1.807, 2.05) is 6.92 Å². The summed E-state index contributed by atoms with van der Waals surface area (Å²) in [5.74, 6) is 0. The first-order valence-corrected chi connectivity index (χ1v) is 10.7. The lowest BCUT2D eigenvalue weighted by molar-refractivity contribution is 0.00304. The topological polar surface area (TPSA) is 244 Å². The van der Waals surface area contributed by atoms with Crippen LogP contribution in [0.4, 0.5) is 0 Å². The van der Waals surface area contributed by atoms with Gasteiger partial charge >= 0.3 is 33.8 Å². The Kier molecular flexibility index (Phi) is 10.2. The Morgan fingerprint density at radius 3 is 1.00 bits per heavy atom. The maximum atomic E-state index is 10.7. The first kappa shape index (κ1) is 26.8. The lowest BCUT2D eigenvalue weighted by atomic mass is 9.88. The molecule has 0 saturated carbocycles. The average molecular weight is 434 g/mol. The van der Waals surface area contributed by atoms with Crippen molar-refractivity contribution in [2.75, 3.05) is 26.4 Å². The smallest absolute Gasteiger partial charge is 0.347 e. The van der Waals surface area contributed by atoms with Gasteiger partial charge in [0.15, 0.2) is 0 Å². The molecule has 0 aromatic heterocycles. The summed E-state index contributed by atoms with van der Waals surface area (Å²) in [7, 11) is -17.8. The zero-order valence-corrected chi connectivity index (χ0v) is 15.5. The summed E-state index contributed by atoms with van der Waals surface area (Å²) in [6.45, 7) is 0.00549. The minimum Gasteiger partial charge on any atom is -0.396 e. The highest BCUT2D eigenvalue weighted by atomic mass is 32.3. The van der Waals surface area contributed by atoms with E-state index in [4.69, 9.17) is 34.1 Å². The highest BCUT2D eigenvalue weighted by molar-refractivity contribution is 8.21. The molecule has 16 heteroatoms. The second-order valence-electron chi connectivity index (χ2n) is 4.91. The molecule has 25 heavy (non-hydrogen) atoms. The predicted molar refractivity (Wildman–Crippen MR) is 83.1 cm³/mol. The van der Waals surface area contributed by atoms with E-state index >= 15 is 0 Å². The summed E-state index contributed by atoms with van der Waals surface area (Å²) in [4.78, 5) is 0. The third kappa shape index (κ3) is 6.05. The lowest BCUT2D eigenvalue weighted by Gasteiger charge is -2.24. The van der Waals surface area contributed by atoms with E-state index in [1.54, 1.807) is 0 Å². The van der Waals surface area contributed by atoms with Crippen molar-refractivity contribution in [1.29, 1.82) is 0 Å². The average Bonchev–Trinajstić information content (AvgIpc) is 2.44. The molecule has 154 valence electrons. The fraction of sp³-hybridized carbons (Fsp3) is 1.00. The molecule has 0 unspecified atom stereocenters. The molecule has 0 aliphatic heterocycles. The monoisotopic (exact) mass is 434 g/mol. The Bertz CT molecular complexity index is 606. The summed E-state index contributed by atoms with van der Waals surface area (Å²) in [6, 6.07) is 0. The van der Waals surface area contributed by atoms with Crippen molar-refractivity contribution >= 4 is 30.4 Å². The van der Waals surface area contributed by atoms with Gasteiger partial charge in [-0.05, 0) is 6.42 Å². The summed E-state index contributed by atoms with van der Waals surface area (Å²) < 4.78 is 85.5. The van der Waals surface area contributed by atoms with Gasteiger partial charge in [-0.15, -0.1) is 0 Å². The highest BCUT2D eigenvalue weighted by Gasteiger charge is 2.65. The van der Waals surface area contributed by atoms with Crippen molar-refractivity contribution in [2.45, 2.75) is 23.2 Å². The summed E-state index contributed by atoms with van der Waals surface area (Å²) in [6.07, 6.45) is -1.06. The molecule has 0 radical (unpaired) electrons. The van der Waals surface area contributed by atoms with E-state index in [-0.39, 0.29) is 19.8 Å².